The van der Waals surface area contributed by atoms with Gasteiger partial charge in [0.1, 0.15) is 11.2 Å². The summed E-state index contributed by atoms with van der Waals surface area (Å²) in [7, 11) is 3.03. The number of rotatable bonds is 11. The first-order valence-corrected chi connectivity index (χ1v) is 13.6. The summed E-state index contributed by atoms with van der Waals surface area (Å²) in [5, 5.41) is 21.4. The molecular formula is C20H41N3O8S3. The van der Waals surface area contributed by atoms with Crippen LogP contribution in [0.1, 0.15) is 54.4 Å². The van der Waals surface area contributed by atoms with Gasteiger partial charge in [0.2, 0.25) is 0 Å². The van der Waals surface area contributed by atoms with Gasteiger partial charge in [0.25, 0.3) is 0 Å². The second-order valence-electron chi connectivity index (χ2n) is 8.30. The van der Waals surface area contributed by atoms with E-state index in [1.54, 1.807) is 0 Å². The molecule has 0 heterocycles. The van der Waals surface area contributed by atoms with Crippen molar-refractivity contribution in [2.45, 2.75) is 65.6 Å². The van der Waals surface area contributed by atoms with E-state index in [4.69, 9.17) is 25.4 Å². The molecule has 14 heteroatoms. The zero-order valence-electron chi connectivity index (χ0n) is 20.8. The number of nitrogens with two attached hydrogens (primary N) is 1. The summed E-state index contributed by atoms with van der Waals surface area (Å²) in [4.78, 5) is 41.8. The van der Waals surface area contributed by atoms with Gasteiger partial charge in [0, 0.05) is 36.9 Å². The summed E-state index contributed by atoms with van der Waals surface area (Å²) in [5.74, 6) is 0.153. The Labute approximate surface area is 215 Å². The number of amides is 2. The number of hydrogen-bond acceptors (Lipinski definition) is 10. The minimum Gasteiger partial charge on any atom is -0.481 e. The molecule has 202 valence electrons. The van der Waals surface area contributed by atoms with Crippen molar-refractivity contribution in [2.75, 3.05) is 36.9 Å². The Morgan fingerprint density at radius 2 is 1.21 bits per heavy atom. The topological polar surface area (TPSA) is 177 Å². The normalized spacial score (nSPS) is 10.5. The molecule has 0 spiro atoms. The molecule has 0 aromatic heterocycles. The van der Waals surface area contributed by atoms with E-state index in [9.17, 15) is 19.2 Å². The van der Waals surface area contributed by atoms with Crippen LogP contribution in [0.2, 0.25) is 0 Å². The van der Waals surface area contributed by atoms with Crippen LogP contribution in [-0.4, -0.2) is 82.4 Å². The Bertz CT molecular complexity index is 582. The van der Waals surface area contributed by atoms with Crippen LogP contribution in [-0.2, 0) is 19.1 Å². The molecule has 0 aliphatic heterocycles. The molecule has 2 amide bonds. The summed E-state index contributed by atoms with van der Waals surface area (Å²) in [5.41, 5.74) is 4.26. The Morgan fingerprint density at radius 1 is 0.794 bits per heavy atom. The SMILES string of the molecule is CC(C)(C)OC(=O)NCCN.CC(C)(C)OC(=O)NCCSSCCC(=O)O.O=C(O)CCS. The van der Waals surface area contributed by atoms with Crippen molar-refractivity contribution in [3.05, 3.63) is 0 Å². The van der Waals surface area contributed by atoms with Crippen LogP contribution in [0.4, 0.5) is 9.59 Å². The first-order valence-electron chi connectivity index (χ1n) is 10.5. The number of nitrogens with one attached hydrogen (secondary N) is 2. The zero-order chi connectivity index (χ0) is 27.2. The van der Waals surface area contributed by atoms with Gasteiger partial charge in [-0.25, -0.2) is 9.59 Å². The standard InChI is InChI=1S/C10H19NO4S2.C7H16N2O2.C3H6O2S/c1-10(2,3)15-9(14)11-5-7-17-16-6-4-8(12)13;1-7(2,3)11-6(10)9-5-4-8;4-3(5)1-2-6/h4-7H2,1-3H3,(H,11,14)(H,12,13);4-5,8H2,1-3H3,(H,9,10);6H,1-2H2,(H,4,5). The van der Waals surface area contributed by atoms with Crippen molar-refractivity contribution >= 4 is 58.3 Å². The molecule has 0 aliphatic carbocycles. The van der Waals surface area contributed by atoms with Crippen molar-refractivity contribution in [1.29, 1.82) is 0 Å². The average Bonchev–Trinajstić information content (AvgIpc) is 2.63. The minimum absolute atomic E-state index is 0.156. The van der Waals surface area contributed by atoms with Gasteiger partial charge in [-0.1, -0.05) is 21.6 Å². The van der Waals surface area contributed by atoms with E-state index in [0.717, 1.165) is 5.75 Å². The fraction of sp³-hybridized carbons (Fsp3) is 0.800. The van der Waals surface area contributed by atoms with E-state index < -0.39 is 35.3 Å². The highest BCUT2D eigenvalue weighted by Gasteiger charge is 2.15. The molecule has 0 bridgehead atoms. The number of carbonyl (C=O) groups excluding carboxylic acids is 2. The smallest absolute Gasteiger partial charge is 0.407 e. The van der Waals surface area contributed by atoms with Crippen molar-refractivity contribution in [2.24, 2.45) is 5.73 Å². The average molecular weight is 548 g/mol. The number of carbonyl (C=O) groups is 4. The Hall–Kier alpha value is -1.51. The maximum absolute atomic E-state index is 11.2. The van der Waals surface area contributed by atoms with Crippen molar-refractivity contribution in [3.8, 4) is 0 Å². The van der Waals surface area contributed by atoms with Gasteiger partial charge in [0.15, 0.2) is 0 Å². The van der Waals surface area contributed by atoms with Crippen LogP contribution in [0.5, 0.6) is 0 Å². The lowest BCUT2D eigenvalue weighted by Gasteiger charge is -2.19. The molecule has 0 atom stereocenters. The third-order valence-electron chi connectivity index (χ3n) is 2.47. The Kier molecular flexibility index (Phi) is 24.0. The summed E-state index contributed by atoms with van der Waals surface area (Å²) < 4.78 is 9.99. The highest BCUT2D eigenvalue weighted by atomic mass is 33.1. The molecule has 0 unspecified atom stereocenters. The lowest BCUT2D eigenvalue weighted by molar-refractivity contribution is -0.137. The van der Waals surface area contributed by atoms with Gasteiger partial charge in [0.05, 0.1) is 12.8 Å². The van der Waals surface area contributed by atoms with Crippen LogP contribution in [0.15, 0.2) is 0 Å². The fourth-order valence-corrected chi connectivity index (χ4v) is 3.42. The molecule has 0 aliphatic rings. The summed E-state index contributed by atoms with van der Waals surface area (Å²) >= 11 is 3.68. The second-order valence-corrected chi connectivity index (χ2v) is 11.5. The predicted molar refractivity (Wildman–Crippen MR) is 141 cm³/mol. The first-order chi connectivity index (χ1) is 15.5. The van der Waals surface area contributed by atoms with E-state index >= 15 is 0 Å². The maximum atomic E-state index is 11.2. The van der Waals surface area contributed by atoms with Gasteiger partial charge in [-0.2, -0.15) is 12.6 Å². The summed E-state index contributed by atoms with van der Waals surface area (Å²) in [6.45, 7) is 12.3. The molecule has 0 rings (SSSR count). The number of thiol groups is 1. The Morgan fingerprint density at radius 3 is 1.53 bits per heavy atom. The quantitative estimate of drug-likeness (QED) is 0.127. The van der Waals surface area contributed by atoms with Gasteiger partial charge in [-0.05, 0) is 41.5 Å². The van der Waals surface area contributed by atoms with E-state index in [1.165, 1.54) is 21.6 Å². The number of hydrogen-bond donors (Lipinski definition) is 6. The molecule has 0 aromatic carbocycles. The minimum atomic E-state index is -0.787. The van der Waals surface area contributed by atoms with Gasteiger partial charge in [-0.3, -0.25) is 9.59 Å². The molecule has 0 radical (unpaired) electrons. The third kappa shape index (κ3) is 40.8. The Balaban J connectivity index is -0.000000482. The summed E-state index contributed by atoms with van der Waals surface area (Å²) in [6, 6.07) is 0. The monoisotopic (exact) mass is 547 g/mol. The highest BCUT2D eigenvalue weighted by Crippen LogP contribution is 2.21. The largest absolute Gasteiger partial charge is 0.481 e. The number of carboxylic acids is 2. The van der Waals surface area contributed by atoms with E-state index in [-0.39, 0.29) is 12.8 Å². The molecule has 0 saturated heterocycles. The van der Waals surface area contributed by atoms with Crippen LogP contribution in [0.3, 0.4) is 0 Å². The number of carboxylic acid groups (broad SMARTS) is 2. The third-order valence-corrected chi connectivity index (χ3v) is 5.11. The van der Waals surface area contributed by atoms with Crippen molar-refractivity contribution in [1.82, 2.24) is 10.6 Å². The van der Waals surface area contributed by atoms with Crippen LogP contribution < -0.4 is 16.4 Å². The van der Waals surface area contributed by atoms with E-state index in [0.29, 0.717) is 31.1 Å². The van der Waals surface area contributed by atoms with Crippen LogP contribution >= 0.6 is 34.2 Å². The molecule has 6 N–H and O–H groups in total. The van der Waals surface area contributed by atoms with Crippen molar-refractivity contribution < 1.29 is 38.9 Å². The van der Waals surface area contributed by atoms with Crippen molar-refractivity contribution in [3.63, 3.8) is 0 Å². The maximum Gasteiger partial charge on any atom is 0.407 e. The number of ether oxygens (including phenoxy) is 2. The van der Waals surface area contributed by atoms with Crippen LogP contribution in [0, 0.1) is 0 Å². The van der Waals surface area contributed by atoms with E-state index in [1.807, 2.05) is 41.5 Å². The molecule has 0 aromatic rings. The lowest BCUT2D eigenvalue weighted by atomic mass is 10.2. The van der Waals surface area contributed by atoms with Gasteiger partial charge in [-0.15, -0.1) is 0 Å². The van der Waals surface area contributed by atoms with Gasteiger partial charge < -0.3 is 36.1 Å². The van der Waals surface area contributed by atoms with E-state index in [2.05, 4.69) is 23.3 Å². The first kappa shape index (κ1) is 37.0. The molecule has 0 saturated carbocycles. The molecular weight excluding hydrogens is 506 g/mol. The number of alkyl carbamates (subject to hydrolysis) is 2. The molecule has 0 fully saturated rings. The number of aliphatic carboxylic acids is 2. The second kappa shape index (κ2) is 22.0. The van der Waals surface area contributed by atoms with Gasteiger partial charge >= 0.3 is 24.1 Å². The molecule has 11 nitrogen and oxygen atoms in total. The highest BCUT2D eigenvalue weighted by molar-refractivity contribution is 8.76. The summed E-state index contributed by atoms with van der Waals surface area (Å²) in [6.07, 6.45) is -0.517. The zero-order valence-corrected chi connectivity index (χ0v) is 23.4. The predicted octanol–water partition coefficient (Wildman–Crippen LogP) is 3.23. The van der Waals surface area contributed by atoms with Crippen LogP contribution in [0.25, 0.3) is 0 Å². The molecule has 34 heavy (non-hydrogen) atoms. The fourth-order valence-electron chi connectivity index (χ4n) is 1.34. The lowest BCUT2D eigenvalue weighted by Crippen LogP contribution is -2.35.